The number of methoxy groups -OCH3 is 1. The average molecular weight is 505 g/mol. The molecule has 0 saturated carbocycles. The van der Waals surface area contributed by atoms with Crippen LogP contribution in [0.1, 0.15) is 0 Å². The van der Waals surface area contributed by atoms with E-state index in [9.17, 15) is 5.11 Å². The summed E-state index contributed by atoms with van der Waals surface area (Å²) in [6.45, 7) is 0.653. The number of ether oxygens (including phenoxy) is 2. The second-order valence-corrected chi connectivity index (χ2v) is 8.41. The van der Waals surface area contributed by atoms with Gasteiger partial charge in [-0.15, -0.1) is 0 Å². The van der Waals surface area contributed by atoms with Gasteiger partial charge in [0.15, 0.2) is 0 Å². The number of aromatic nitrogens is 1. The Morgan fingerprint density at radius 1 is 0.857 bits per heavy atom. The summed E-state index contributed by atoms with van der Waals surface area (Å²) in [5.41, 5.74) is 2.17. The number of halogens is 2. The molecule has 0 spiro atoms. The number of rotatable bonds is 6. The lowest BCUT2D eigenvalue weighted by Gasteiger charge is -2.15. The third-order valence-corrected chi connectivity index (χ3v) is 5.67. The summed E-state index contributed by atoms with van der Waals surface area (Å²) < 4.78 is 15.1. The molecule has 0 aliphatic rings. The van der Waals surface area contributed by atoms with E-state index in [1.54, 1.807) is 7.11 Å². The van der Waals surface area contributed by atoms with E-state index in [-0.39, 0.29) is 6.61 Å². The second kappa shape index (κ2) is 8.15. The first kappa shape index (κ1) is 19.3. The van der Waals surface area contributed by atoms with Crippen LogP contribution < -0.4 is 9.47 Å². The quantitative estimate of drug-likeness (QED) is 0.362. The molecule has 28 heavy (non-hydrogen) atoms. The number of benzene rings is 3. The SMILES string of the molecule is COc1ccc(OCC(O)Cn2c3ccc(Br)cc3c3cc(Br)ccc32)cc1. The van der Waals surface area contributed by atoms with Gasteiger partial charge < -0.3 is 19.1 Å². The van der Waals surface area contributed by atoms with Crippen molar-refractivity contribution in [3.05, 3.63) is 69.6 Å². The van der Waals surface area contributed by atoms with Crippen molar-refractivity contribution in [2.24, 2.45) is 0 Å². The first-order valence-electron chi connectivity index (χ1n) is 8.87. The van der Waals surface area contributed by atoms with Crippen LogP contribution in [0.2, 0.25) is 0 Å². The molecule has 0 bridgehead atoms. The fourth-order valence-corrected chi connectivity index (χ4v) is 4.10. The van der Waals surface area contributed by atoms with Crippen molar-refractivity contribution in [2.75, 3.05) is 13.7 Å². The van der Waals surface area contributed by atoms with E-state index in [1.165, 1.54) is 0 Å². The molecule has 6 heteroatoms. The van der Waals surface area contributed by atoms with Crippen LogP contribution in [-0.2, 0) is 6.54 Å². The number of aliphatic hydroxyl groups is 1. The van der Waals surface area contributed by atoms with Gasteiger partial charge in [0.25, 0.3) is 0 Å². The summed E-state index contributed by atoms with van der Waals surface area (Å²) in [6, 6.07) is 19.8. The largest absolute Gasteiger partial charge is 0.497 e. The molecule has 0 fully saturated rings. The molecule has 1 heterocycles. The highest BCUT2D eigenvalue weighted by Gasteiger charge is 2.15. The minimum atomic E-state index is -0.645. The fraction of sp³-hybridized carbons (Fsp3) is 0.182. The van der Waals surface area contributed by atoms with Gasteiger partial charge in [0, 0.05) is 30.8 Å². The Balaban J connectivity index is 1.59. The Hall–Kier alpha value is -2.02. The predicted molar refractivity (Wildman–Crippen MR) is 119 cm³/mol. The number of fused-ring (bicyclic) bond motifs is 3. The molecular weight excluding hydrogens is 486 g/mol. The zero-order valence-corrected chi connectivity index (χ0v) is 18.4. The molecule has 0 aliphatic heterocycles. The van der Waals surface area contributed by atoms with Gasteiger partial charge in [-0.2, -0.15) is 0 Å². The lowest BCUT2D eigenvalue weighted by atomic mass is 10.2. The summed E-state index contributed by atoms with van der Waals surface area (Å²) in [5, 5.41) is 12.9. The third-order valence-electron chi connectivity index (χ3n) is 4.68. The van der Waals surface area contributed by atoms with E-state index in [0.717, 1.165) is 36.5 Å². The van der Waals surface area contributed by atoms with Crippen LogP contribution in [0.3, 0.4) is 0 Å². The monoisotopic (exact) mass is 503 g/mol. The third kappa shape index (κ3) is 3.90. The van der Waals surface area contributed by atoms with E-state index in [0.29, 0.717) is 12.3 Å². The van der Waals surface area contributed by atoms with Gasteiger partial charge in [-0.25, -0.2) is 0 Å². The van der Waals surface area contributed by atoms with Gasteiger partial charge in [-0.1, -0.05) is 31.9 Å². The highest BCUT2D eigenvalue weighted by Crippen LogP contribution is 2.33. The molecule has 4 aromatic rings. The zero-order chi connectivity index (χ0) is 19.7. The molecule has 4 nitrogen and oxygen atoms in total. The van der Waals surface area contributed by atoms with Crippen LogP contribution in [0, 0.1) is 0 Å². The molecule has 0 aliphatic carbocycles. The highest BCUT2D eigenvalue weighted by molar-refractivity contribution is 9.10. The van der Waals surface area contributed by atoms with Crippen LogP contribution in [0.4, 0.5) is 0 Å². The predicted octanol–water partition coefficient (Wildman–Crippen LogP) is 5.77. The summed E-state index contributed by atoms with van der Waals surface area (Å²) in [6.07, 6.45) is -0.645. The zero-order valence-electron chi connectivity index (χ0n) is 15.2. The maximum absolute atomic E-state index is 10.6. The summed E-state index contributed by atoms with van der Waals surface area (Å²) in [4.78, 5) is 0. The molecule has 1 unspecified atom stereocenters. The van der Waals surface area contributed by atoms with Crippen LogP contribution in [0.15, 0.2) is 69.6 Å². The molecule has 1 atom stereocenters. The van der Waals surface area contributed by atoms with Crippen molar-refractivity contribution in [3.8, 4) is 11.5 Å². The van der Waals surface area contributed by atoms with E-state index in [4.69, 9.17) is 9.47 Å². The van der Waals surface area contributed by atoms with Crippen molar-refractivity contribution in [1.29, 1.82) is 0 Å². The molecule has 4 rings (SSSR count). The van der Waals surface area contributed by atoms with Gasteiger partial charge in [0.1, 0.15) is 24.2 Å². The number of aliphatic hydroxyl groups excluding tert-OH is 1. The van der Waals surface area contributed by atoms with Gasteiger partial charge in [0.2, 0.25) is 0 Å². The van der Waals surface area contributed by atoms with Crippen molar-refractivity contribution < 1.29 is 14.6 Å². The molecular formula is C22H19Br2NO3. The molecule has 0 amide bonds. The fourth-order valence-electron chi connectivity index (χ4n) is 3.37. The van der Waals surface area contributed by atoms with E-state index in [2.05, 4.69) is 60.7 Å². The van der Waals surface area contributed by atoms with Gasteiger partial charge in [-0.3, -0.25) is 0 Å². The Morgan fingerprint density at radius 3 is 1.93 bits per heavy atom. The van der Waals surface area contributed by atoms with E-state index in [1.807, 2.05) is 36.4 Å². The Bertz CT molecular complexity index is 1060. The summed E-state index contributed by atoms with van der Waals surface area (Å²) in [5.74, 6) is 1.48. The Labute approximate surface area is 179 Å². The number of hydrogen-bond donors (Lipinski definition) is 1. The van der Waals surface area contributed by atoms with Gasteiger partial charge in [0.05, 0.1) is 13.7 Å². The first-order valence-corrected chi connectivity index (χ1v) is 10.5. The smallest absolute Gasteiger partial charge is 0.119 e. The maximum atomic E-state index is 10.6. The lowest BCUT2D eigenvalue weighted by molar-refractivity contribution is 0.0945. The van der Waals surface area contributed by atoms with Crippen LogP contribution >= 0.6 is 31.9 Å². The Morgan fingerprint density at radius 2 is 1.39 bits per heavy atom. The lowest BCUT2D eigenvalue weighted by Crippen LogP contribution is -2.23. The van der Waals surface area contributed by atoms with Crippen LogP contribution in [0.5, 0.6) is 11.5 Å². The molecule has 1 N–H and O–H groups in total. The molecule has 3 aromatic carbocycles. The topological polar surface area (TPSA) is 43.6 Å². The summed E-state index contributed by atoms with van der Waals surface area (Å²) in [7, 11) is 1.63. The number of hydrogen-bond acceptors (Lipinski definition) is 3. The molecule has 144 valence electrons. The van der Waals surface area contributed by atoms with E-state index < -0.39 is 6.10 Å². The van der Waals surface area contributed by atoms with Crippen molar-refractivity contribution in [2.45, 2.75) is 12.6 Å². The maximum Gasteiger partial charge on any atom is 0.119 e. The minimum absolute atomic E-state index is 0.209. The van der Waals surface area contributed by atoms with Crippen molar-refractivity contribution >= 4 is 53.7 Å². The van der Waals surface area contributed by atoms with E-state index >= 15 is 0 Å². The van der Waals surface area contributed by atoms with Crippen LogP contribution in [0.25, 0.3) is 21.8 Å². The standard InChI is InChI=1S/C22H19Br2NO3/c1-27-17-4-6-18(7-5-17)28-13-16(26)12-25-21-8-2-14(23)10-19(21)20-11-15(24)3-9-22(20)25/h2-11,16,26H,12-13H2,1H3. The molecule has 0 saturated heterocycles. The second-order valence-electron chi connectivity index (χ2n) is 6.57. The normalized spacial score (nSPS) is 12.4. The van der Waals surface area contributed by atoms with Crippen molar-refractivity contribution in [3.63, 3.8) is 0 Å². The van der Waals surface area contributed by atoms with Gasteiger partial charge in [-0.05, 0) is 60.7 Å². The van der Waals surface area contributed by atoms with Crippen LogP contribution in [-0.4, -0.2) is 29.5 Å². The minimum Gasteiger partial charge on any atom is -0.497 e. The Kier molecular flexibility index (Phi) is 5.62. The van der Waals surface area contributed by atoms with Gasteiger partial charge >= 0.3 is 0 Å². The first-order chi connectivity index (χ1) is 13.5. The highest BCUT2D eigenvalue weighted by atomic mass is 79.9. The molecule has 1 aromatic heterocycles. The van der Waals surface area contributed by atoms with Crippen molar-refractivity contribution in [1.82, 2.24) is 4.57 Å². The average Bonchev–Trinajstić information content (AvgIpc) is 2.99. The number of nitrogens with zero attached hydrogens (tertiary/aromatic N) is 1. The molecule has 0 radical (unpaired) electrons. The summed E-state index contributed by atoms with van der Waals surface area (Å²) >= 11 is 7.12.